The Balaban J connectivity index is 1.96. The van der Waals surface area contributed by atoms with Crippen LogP contribution in [0.25, 0.3) is 0 Å². The first-order chi connectivity index (χ1) is 9.97. The highest BCUT2D eigenvalue weighted by Crippen LogP contribution is 2.28. The summed E-state index contributed by atoms with van der Waals surface area (Å²) >= 11 is 5.84. The molecule has 1 amide bonds. The van der Waals surface area contributed by atoms with Crippen LogP contribution in [0.4, 0.5) is 0 Å². The molecule has 0 atom stereocenters. The molecule has 0 unspecified atom stereocenters. The summed E-state index contributed by atoms with van der Waals surface area (Å²) in [6.45, 7) is 2.27. The minimum atomic E-state index is -0.196. The van der Waals surface area contributed by atoms with Gasteiger partial charge in [-0.05, 0) is 54.8 Å². The maximum absolute atomic E-state index is 11.9. The largest absolute Gasteiger partial charge is 0.504 e. The number of aromatic hydroxyl groups is 2. The van der Waals surface area contributed by atoms with Crippen LogP contribution in [-0.2, 0) is 6.42 Å². The number of aryl methyl sites for hydroxylation is 1. The molecule has 0 radical (unpaired) electrons. The molecule has 0 aliphatic heterocycles. The molecule has 3 N–H and O–H groups in total. The summed E-state index contributed by atoms with van der Waals surface area (Å²) in [7, 11) is 0. The van der Waals surface area contributed by atoms with Crippen molar-refractivity contribution in [2.24, 2.45) is 0 Å². The third-order valence-corrected chi connectivity index (χ3v) is 3.43. The van der Waals surface area contributed by atoms with Crippen molar-refractivity contribution in [2.45, 2.75) is 13.3 Å². The molecule has 0 fully saturated rings. The maximum atomic E-state index is 11.9. The topological polar surface area (TPSA) is 69.6 Å². The summed E-state index contributed by atoms with van der Waals surface area (Å²) in [6, 6.07) is 9.74. The zero-order valence-corrected chi connectivity index (χ0v) is 12.3. The number of nitrogens with one attached hydrogen (secondary N) is 1. The van der Waals surface area contributed by atoms with Crippen molar-refractivity contribution in [3.05, 3.63) is 58.1 Å². The Hall–Kier alpha value is -2.20. The van der Waals surface area contributed by atoms with E-state index in [9.17, 15) is 15.0 Å². The van der Waals surface area contributed by atoms with Crippen molar-refractivity contribution in [2.75, 3.05) is 6.54 Å². The highest BCUT2D eigenvalue weighted by atomic mass is 35.5. The van der Waals surface area contributed by atoms with Gasteiger partial charge in [0.15, 0.2) is 11.5 Å². The van der Waals surface area contributed by atoms with Crippen LogP contribution >= 0.6 is 11.6 Å². The molecule has 2 aromatic rings. The van der Waals surface area contributed by atoms with E-state index in [1.54, 1.807) is 24.3 Å². The van der Waals surface area contributed by atoms with E-state index in [-0.39, 0.29) is 17.4 Å². The Morgan fingerprint density at radius 1 is 1.19 bits per heavy atom. The molecule has 0 saturated heterocycles. The standard InChI is InChI=1S/C16H16ClNO3/c1-10-7-14(19)15(20)9-11(10)5-6-18-16(21)12-3-2-4-13(17)8-12/h2-4,7-9,19-20H,5-6H2,1H3,(H,18,21). The van der Waals surface area contributed by atoms with Gasteiger partial charge in [0.2, 0.25) is 0 Å². The molecule has 0 saturated carbocycles. The molecule has 2 aromatic carbocycles. The number of amides is 1. The quantitative estimate of drug-likeness (QED) is 0.760. The third kappa shape index (κ3) is 3.89. The first-order valence-electron chi connectivity index (χ1n) is 6.52. The normalized spacial score (nSPS) is 10.4. The highest BCUT2D eigenvalue weighted by molar-refractivity contribution is 6.30. The van der Waals surface area contributed by atoms with Gasteiger partial charge in [0.1, 0.15) is 0 Å². The Labute approximate surface area is 128 Å². The molecule has 0 bridgehead atoms. The van der Waals surface area contributed by atoms with E-state index >= 15 is 0 Å². The number of benzene rings is 2. The monoisotopic (exact) mass is 305 g/mol. The van der Waals surface area contributed by atoms with Gasteiger partial charge in [-0.3, -0.25) is 4.79 Å². The van der Waals surface area contributed by atoms with Crippen molar-refractivity contribution in [3.63, 3.8) is 0 Å². The molecule has 0 aliphatic rings. The fourth-order valence-corrected chi connectivity index (χ4v) is 2.23. The average molecular weight is 306 g/mol. The zero-order chi connectivity index (χ0) is 15.4. The predicted octanol–water partition coefficient (Wildman–Crippen LogP) is 3.03. The number of halogens is 1. The predicted molar refractivity (Wildman–Crippen MR) is 82.0 cm³/mol. The number of rotatable bonds is 4. The molecule has 21 heavy (non-hydrogen) atoms. The smallest absolute Gasteiger partial charge is 0.251 e. The number of carbonyl (C=O) groups is 1. The van der Waals surface area contributed by atoms with E-state index in [1.807, 2.05) is 6.92 Å². The summed E-state index contributed by atoms with van der Waals surface area (Å²) in [4.78, 5) is 11.9. The fraction of sp³-hybridized carbons (Fsp3) is 0.188. The zero-order valence-electron chi connectivity index (χ0n) is 11.6. The van der Waals surface area contributed by atoms with Gasteiger partial charge in [-0.1, -0.05) is 17.7 Å². The fourth-order valence-electron chi connectivity index (χ4n) is 2.04. The molecule has 110 valence electrons. The number of phenolic OH excluding ortho intramolecular Hbond substituents is 2. The van der Waals surface area contributed by atoms with Crippen LogP contribution in [0.5, 0.6) is 11.5 Å². The Morgan fingerprint density at radius 2 is 1.90 bits per heavy atom. The van der Waals surface area contributed by atoms with Gasteiger partial charge in [0.25, 0.3) is 5.91 Å². The van der Waals surface area contributed by atoms with E-state index in [4.69, 9.17) is 11.6 Å². The van der Waals surface area contributed by atoms with Crippen molar-refractivity contribution in [1.82, 2.24) is 5.32 Å². The Morgan fingerprint density at radius 3 is 2.62 bits per heavy atom. The Bertz CT molecular complexity index is 671. The lowest BCUT2D eigenvalue weighted by atomic mass is 10.0. The van der Waals surface area contributed by atoms with Crippen molar-refractivity contribution < 1.29 is 15.0 Å². The van der Waals surface area contributed by atoms with Crippen molar-refractivity contribution >= 4 is 17.5 Å². The van der Waals surface area contributed by atoms with E-state index in [1.165, 1.54) is 12.1 Å². The molecule has 5 heteroatoms. The number of hydrogen-bond acceptors (Lipinski definition) is 3. The SMILES string of the molecule is Cc1cc(O)c(O)cc1CCNC(=O)c1cccc(Cl)c1. The molecular weight excluding hydrogens is 290 g/mol. The van der Waals surface area contributed by atoms with Gasteiger partial charge >= 0.3 is 0 Å². The molecule has 0 aliphatic carbocycles. The van der Waals surface area contributed by atoms with Crippen molar-refractivity contribution in [1.29, 1.82) is 0 Å². The second-order valence-corrected chi connectivity index (χ2v) is 5.22. The lowest BCUT2D eigenvalue weighted by Gasteiger charge is -2.09. The van der Waals surface area contributed by atoms with Crippen LogP contribution < -0.4 is 5.32 Å². The first kappa shape index (κ1) is 15.2. The van der Waals surface area contributed by atoms with Crippen LogP contribution in [-0.4, -0.2) is 22.7 Å². The van der Waals surface area contributed by atoms with Gasteiger partial charge < -0.3 is 15.5 Å². The van der Waals surface area contributed by atoms with Crippen LogP contribution in [0.2, 0.25) is 5.02 Å². The minimum absolute atomic E-state index is 0.140. The summed E-state index contributed by atoms with van der Waals surface area (Å²) in [5.74, 6) is -0.492. The highest BCUT2D eigenvalue weighted by Gasteiger charge is 2.08. The molecule has 0 spiro atoms. The van der Waals surface area contributed by atoms with Crippen LogP contribution in [0.15, 0.2) is 36.4 Å². The van der Waals surface area contributed by atoms with E-state index < -0.39 is 0 Å². The van der Waals surface area contributed by atoms with Crippen LogP contribution in [0.1, 0.15) is 21.5 Å². The second-order valence-electron chi connectivity index (χ2n) is 4.78. The Kier molecular flexibility index (Phi) is 4.70. The van der Waals surface area contributed by atoms with Crippen LogP contribution in [0.3, 0.4) is 0 Å². The van der Waals surface area contributed by atoms with Gasteiger partial charge in [-0.15, -0.1) is 0 Å². The lowest BCUT2D eigenvalue weighted by Crippen LogP contribution is -2.25. The van der Waals surface area contributed by atoms with E-state index in [0.29, 0.717) is 23.6 Å². The van der Waals surface area contributed by atoms with Crippen molar-refractivity contribution in [3.8, 4) is 11.5 Å². The summed E-state index contributed by atoms with van der Waals surface area (Å²) < 4.78 is 0. The summed E-state index contributed by atoms with van der Waals surface area (Å²) in [5.41, 5.74) is 2.24. The van der Waals surface area contributed by atoms with E-state index in [0.717, 1.165) is 11.1 Å². The second kappa shape index (κ2) is 6.50. The molecule has 0 heterocycles. The molecular formula is C16H16ClNO3. The van der Waals surface area contributed by atoms with Gasteiger partial charge in [0, 0.05) is 17.1 Å². The number of phenols is 2. The molecule has 2 rings (SSSR count). The molecule has 0 aromatic heterocycles. The number of hydrogen-bond donors (Lipinski definition) is 3. The number of carbonyl (C=O) groups excluding carboxylic acids is 1. The average Bonchev–Trinajstić information content (AvgIpc) is 2.44. The third-order valence-electron chi connectivity index (χ3n) is 3.20. The maximum Gasteiger partial charge on any atom is 0.251 e. The summed E-state index contributed by atoms with van der Waals surface area (Å²) in [5, 5.41) is 22.2. The van der Waals surface area contributed by atoms with E-state index in [2.05, 4.69) is 5.32 Å². The van der Waals surface area contributed by atoms with Crippen LogP contribution in [0, 0.1) is 6.92 Å². The van der Waals surface area contributed by atoms with Gasteiger partial charge in [-0.25, -0.2) is 0 Å². The van der Waals surface area contributed by atoms with Gasteiger partial charge in [-0.2, -0.15) is 0 Å². The summed E-state index contributed by atoms with van der Waals surface area (Å²) in [6.07, 6.45) is 0.561. The van der Waals surface area contributed by atoms with Gasteiger partial charge in [0.05, 0.1) is 0 Å². The lowest BCUT2D eigenvalue weighted by molar-refractivity contribution is 0.0954. The first-order valence-corrected chi connectivity index (χ1v) is 6.90. The molecule has 4 nitrogen and oxygen atoms in total. The minimum Gasteiger partial charge on any atom is -0.504 e.